The molecule has 15 heavy (non-hydrogen) atoms. The standard InChI is InChI=1S/C5H5N.C4H9FO3S/c1-2-4-6-5-3-1;1-2-3-4(5)9(6,7)8/h1-5H;4H,2-3H2,1H3,(H,6,7,8). The van der Waals surface area contributed by atoms with Crippen molar-refractivity contribution in [2.24, 2.45) is 0 Å². The first-order valence-electron chi connectivity index (χ1n) is 4.48. The Kier molecular flexibility index (Phi) is 6.81. The molecule has 1 N–H and O–H groups in total. The molecule has 6 heteroatoms. The van der Waals surface area contributed by atoms with Crippen LogP contribution in [0.25, 0.3) is 0 Å². The Hall–Kier alpha value is -1.01. The summed E-state index contributed by atoms with van der Waals surface area (Å²) in [6.07, 6.45) is 3.91. The van der Waals surface area contributed by atoms with E-state index < -0.39 is 15.6 Å². The van der Waals surface area contributed by atoms with Gasteiger partial charge in [0, 0.05) is 12.1 Å². The Morgan fingerprint density at radius 3 is 2.00 bits per heavy atom. The fourth-order valence-electron chi connectivity index (χ4n) is 0.713. The quantitative estimate of drug-likeness (QED) is 0.737. The molecule has 1 atom stereocenters. The number of aromatic amines is 1. The highest BCUT2D eigenvalue weighted by Gasteiger charge is 2.11. The maximum absolute atomic E-state index is 12.0. The molecule has 0 saturated heterocycles. The predicted octanol–water partition coefficient (Wildman–Crippen LogP) is 1.13. The molecule has 0 aromatic carbocycles. The number of halogens is 1. The first kappa shape index (κ1) is 14.0. The average Bonchev–Trinajstić information content (AvgIpc) is 2.20. The van der Waals surface area contributed by atoms with Gasteiger partial charge in [-0.2, -0.15) is 0 Å². The third-order valence-electron chi connectivity index (χ3n) is 1.44. The Labute approximate surface area is 88.9 Å². The van der Waals surface area contributed by atoms with Gasteiger partial charge in [0.2, 0.25) is 0 Å². The van der Waals surface area contributed by atoms with Gasteiger partial charge >= 0.3 is 0 Å². The van der Waals surface area contributed by atoms with Gasteiger partial charge in [-0.05, 0) is 6.42 Å². The molecule has 0 saturated carbocycles. The zero-order chi connectivity index (χ0) is 11.7. The minimum atomic E-state index is -4.68. The highest BCUT2D eigenvalue weighted by molar-refractivity contribution is 7.86. The van der Waals surface area contributed by atoms with E-state index in [2.05, 4.69) is 4.98 Å². The third kappa shape index (κ3) is 8.02. The summed E-state index contributed by atoms with van der Waals surface area (Å²) < 4.78 is 41.4. The Balaban J connectivity index is 0.000000280. The fraction of sp³-hybridized carbons (Fsp3) is 0.444. The van der Waals surface area contributed by atoms with E-state index in [0.29, 0.717) is 6.42 Å². The largest absolute Gasteiger partial charge is 0.746 e. The summed E-state index contributed by atoms with van der Waals surface area (Å²) in [5.74, 6) is 0. The Bertz CT molecular complexity index is 315. The van der Waals surface area contributed by atoms with Crippen LogP contribution in [0.2, 0.25) is 0 Å². The van der Waals surface area contributed by atoms with Crippen molar-refractivity contribution in [3.63, 3.8) is 0 Å². The van der Waals surface area contributed by atoms with Gasteiger partial charge in [-0.15, -0.1) is 0 Å². The van der Waals surface area contributed by atoms with Crippen LogP contribution in [0, 0.1) is 0 Å². The minimum Gasteiger partial charge on any atom is -0.746 e. The lowest BCUT2D eigenvalue weighted by atomic mass is 10.4. The molecular weight excluding hydrogens is 221 g/mol. The lowest BCUT2D eigenvalue weighted by Gasteiger charge is -2.10. The second-order valence-electron chi connectivity index (χ2n) is 2.77. The monoisotopic (exact) mass is 235 g/mol. The van der Waals surface area contributed by atoms with Gasteiger partial charge in [-0.3, -0.25) is 0 Å². The van der Waals surface area contributed by atoms with Crippen LogP contribution >= 0.6 is 0 Å². The number of hydrogen-bond donors (Lipinski definition) is 0. The maximum Gasteiger partial charge on any atom is 0.189 e. The summed E-state index contributed by atoms with van der Waals surface area (Å²) in [5.41, 5.74) is -2.22. The van der Waals surface area contributed by atoms with Crippen LogP contribution < -0.4 is 4.98 Å². The van der Waals surface area contributed by atoms with Crippen molar-refractivity contribution in [2.45, 2.75) is 25.3 Å². The van der Waals surface area contributed by atoms with Crippen molar-refractivity contribution in [2.75, 3.05) is 0 Å². The first-order valence-corrected chi connectivity index (χ1v) is 5.95. The van der Waals surface area contributed by atoms with Crippen LogP contribution in [0.5, 0.6) is 0 Å². The van der Waals surface area contributed by atoms with Crippen LogP contribution in [-0.2, 0) is 10.1 Å². The molecular formula is C9H14FNO3S. The lowest BCUT2D eigenvalue weighted by molar-refractivity contribution is -0.377. The van der Waals surface area contributed by atoms with Crippen molar-refractivity contribution in [3.05, 3.63) is 30.6 Å². The molecule has 0 bridgehead atoms. The molecule has 0 amide bonds. The molecule has 0 aliphatic carbocycles. The molecule has 0 aliphatic heterocycles. The van der Waals surface area contributed by atoms with Crippen LogP contribution in [0.1, 0.15) is 19.8 Å². The fourth-order valence-corrected chi connectivity index (χ4v) is 1.24. The van der Waals surface area contributed by atoms with Crippen LogP contribution in [0.3, 0.4) is 0 Å². The second kappa shape index (κ2) is 7.30. The molecule has 1 unspecified atom stereocenters. The van der Waals surface area contributed by atoms with Crippen LogP contribution in [0.15, 0.2) is 30.6 Å². The predicted molar refractivity (Wildman–Crippen MR) is 52.5 cm³/mol. The molecule has 0 fully saturated rings. The van der Waals surface area contributed by atoms with Crippen molar-refractivity contribution < 1.29 is 22.3 Å². The minimum absolute atomic E-state index is 0.203. The van der Waals surface area contributed by atoms with E-state index in [-0.39, 0.29) is 6.42 Å². The van der Waals surface area contributed by atoms with Crippen LogP contribution in [0.4, 0.5) is 4.39 Å². The summed E-state index contributed by atoms with van der Waals surface area (Å²) >= 11 is 0. The SMILES string of the molecule is CCCC(F)S(=O)(=O)[O-].c1cc[nH+]cc1. The number of rotatable bonds is 3. The molecule has 0 spiro atoms. The van der Waals surface area contributed by atoms with E-state index in [1.165, 1.54) is 0 Å². The summed E-state index contributed by atoms with van der Waals surface area (Å²) in [5, 5.41) is 0. The van der Waals surface area contributed by atoms with E-state index in [4.69, 9.17) is 0 Å². The molecule has 0 aliphatic rings. The maximum atomic E-state index is 12.0. The van der Waals surface area contributed by atoms with Gasteiger partial charge in [0.25, 0.3) is 0 Å². The van der Waals surface area contributed by atoms with E-state index in [0.717, 1.165) is 0 Å². The van der Waals surface area contributed by atoms with Gasteiger partial charge in [-0.25, -0.2) is 17.8 Å². The van der Waals surface area contributed by atoms with Gasteiger partial charge in [-0.1, -0.05) is 19.4 Å². The summed E-state index contributed by atoms with van der Waals surface area (Å²) in [6.45, 7) is 1.61. The average molecular weight is 235 g/mol. The zero-order valence-corrected chi connectivity index (χ0v) is 9.21. The van der Waals surface area contributed by atoms with Gasteiger partial charge in [0.15, 0.2) is 17.9 Å². The van der Waals surface area contributed by atoms with Crippen molar-refractivity contribution in [1.29, 1.82) is 0 Å². The number of H-pyrrole nitrogens is 1. The van der Waals surface area contributed by atoms with Crippen molar-refractivity contribution in [3.8, 4) is 0 Å². The Morgan fingerprint density at radius 1 is 1.33 bits per heavy atom. The molecule has 86 valence electrons. The number of aromatic nitrogens is 1. The van der Waals surface area contributed by atoms with E-state index >= 15 is 0 Å². The normalized spacial score (nSPS) is 12.5. The van der Waals surface area contributed by atoms with Crippen molar-refractivity contribution in [1.82, 2.24) is 0 Å². The van der Waals surface area contributed by atoms with Crippen molar-refractivity contribution >= 4 is 10.1 Å². The number of hydrogen-bond acceptors (Lipinski definition) is 3. The second-order valence-corrected chi connectivity index (χ2v) is 4.27. The number of pyridine rings is 1. The smallest absolute Gasteiger partial charge is 0.189 e. The molecule has 0 radical (unpaired) electrons. The molecule has 4 nitrogen and oxygen atoms in total. The third-order valence-corrected chi connectivity index (χ3v) is 2.30. The van der Waals surface area contributed by atoms with E-state index in [9.17, 15) is 17.4 Å². The van der Waals surface area contributed by atoms with Gasteiger partial charge < -0.3 is 4.55 Å². The molecule has 1 aromatic rings. The topological polar surface area (TPSA) is 71.3 Å². The molecule has 1 rings (SSSR count). The summed E-state index contributed by atoms with van der Waals surface area (Å²) in [6, 6.07) is 5.86. The Morgan fingerprint density at radius 2 is 1.87 bits per heavy atom. The highest BCUT2D eigenvalue weighted by Crippen LogP contribution is 2.06. The van der Waals surface area contributed by atoms with E-state index in [1.54, 1.807) is 6.92 Å². The number of alkyl halides is 1. The summed E-state index contributed by atoms with van der Waals surface area (Å²) in [4.78, 5) is 2.89. The first-order chi connectivity index (χ1) is 6.98. The highest BCUT2D eigenvalue weighted by atomic mass is 32.2. The molecule has 1 heterocycles. The van der Waals surface area contributed by atoms with Gasteiger partial charge in [0.1, 0.15) is 10.1 Å². The number of nitrogens with one attached hydrogen (secondary N) is 1. The molecule has 1 aromatic heterocycles. The van der Waals surface area contributed by atoms with Gasteiger partial charge in [0.05, 0.1) is 0 Å². The van der Waals surface area contributed by atoms with Crippen LogP contribution in [-0.4, -0.2) is 18.5 Å². The van der Waals surface area contributed by atoms with E-state index in [1.807, 2.05) is 30.6 Å². The zero-order valence-electron chi connectivity index (χ0n) is 8.39. The lowest BCUT2D eigenvalue weighted by Crippen LogP contribution is -2.14. The summed E-state index contributed by atoms with van der Waals surface area (Å²) in [7, 11) is -4.68.